The lowest BCUT2D eigenvalue weighted by atomic mass is 9.88. The van der Waals surface area contributed by atoms with Crippen molar-refractivity contribution in [2.75, 3.05) is 37.6 Å². The van der Waals surface area contributed by atoms with Gasteiger partial charge in [0.05, 0.1) is 24.0 Å². The zero-order valence-corrected chi connectivity index (χ0v) is 22.4. The van der Waals surface area contributed by atoms with Crippen LogP contribution in [0.15, 0.2) is 36.5 Å². The SMILES string of the molecule is CCCC(O)c1cc2c(cn1)C(C)(C)CN2C(=O)CN1C[C@@H](C)NC[C@@H]1CN1Cc2ccccc2C1=O. The molecule has 5 rings (SSSR count). The molecule has 1 aromatic heterocycles. The van der Waals surface area contributed by atoms with Crippen LogP contribution >= 0.6 is 0 Å². The molecule has 1 fully saturated rings. The largest absolute Gasteiger partial charge is 0.387 e. The van der Waals surface area contributed by atoms with Gasteiger partial charge in [0.1, 0.15) is 0 Å². The van der Waals surface area contributed by atoms with E-state index in [0.29, 0.717) is 31.7 Å². The van der Waals surface area contributed by atoms with E-state index >= 15 is 0 Å². The molecule has 8 nitrogen and oxygen atoms in total. The minimum atomic E-state index is -0.628. The zero-order valence-electron chi connectivity index (χ0n) is 22.4. The summed E-state index contributed by atoms with van der Waals surface area (Å²) < 4.78 is 0. The van der Waals surface area contributed by atoms with Gasteiger partial charge in [0.2, 0.25) is 5.91 Å². The number of nitrogens with zero attached hydrogens (tertiary/aromatic N) is 4. The molecular weight excluding hydrogens is 466 g/mol. The summed E-state index contributed by atoms with van der Waals surface area (Å²) in [6.07, 6.45) is 2.71. The second-order valence-corrected chi connectivity index (χ2v) is 11.5. The monoisotopic (exact) mass is 505 g/mol. The van der Waals surface area contributed by atoms with Gasteiger partial charge >= 0.3 is 0 Å². The van der Waals surface area contributed by atoms with Crippen LogP contribution in [0.2, 0.25) is 0 Å². The van der Waals surface area contributed by atoms with Crippen molar-refractivity contribution in [3.05, 3.63) is 58.9 Å². The minimum Gasteiger partial charge on any atom is -0.387 e. The number of carbonyl (C=O) groups excluding carboxylic acids is 2. The van der Waals surface area contributed by atoms with Gasteiger partial charge in [-0.2, -0.15) is 0 Å². The van der Waals surface area contributed by atoms with E-state index in [4.69, 9.17) is 0 Å². The van der Waals surface area contributed by atoms with E-state index in [1.165, 1.54) is 0 Å². The predicted molar refractivity (Wildman–Crippen MR) is 143 cm³/mol. The van der Waals surface area contributed by atoms with Gasteiger partial charge in [0.25, 0.3) is 5.91 Å². The molecule has 1 unspecified atom stereocenters. The lowest BCUT2D eigenvalue weighted by Gasteiger charge is -2.41. The number of anilines is 1. The Bertz CT molecular complexity index is 1180. The number of piperazine rings is 1. The number of aromatic nitrogens is 1. The number of amides is 2. The van der Waals surface area contributed by atoms with Crippen LogP contribution in [0.25, 0.3) is 0 Å². The average Bonchev–Trinajstić information content (AvgIpc) is 3.33. The molecule has 0 aliphatic carbocycles. The smallest absolute Gasteiger partial charge is 0.254 e. The fourth-order valence-electron chi connectivity index (χ4n) is 5.98. The molecule has 3 aliphatic heterocycles. The first kappa shape index (κ1) is 25.8. The number of rotatable bonds is 7. The Labute approximate surface area is 219 Å². The van der Waals surface area contributed by atoms with E-state index in [-0.39, 0.29) is 35.9 Å². The zero-order chi connectivity index (χ0) is 26.3. The number of nitrogens with one attached hydrogen (secondary N) is 1. The number of carbonyl (C=O) groups is 2. The van der Waals surface area contributed by atoms with Crippen LogP contribution in [0.4, 0.5) is 5.69 Å². The highest BCUT2D eigenvalue weighted by Crippen LogP contribution is 2.41. The Morgan fingerprint density at radius 3 is 2.84 bits per heavy atom. The van der Waals surface area contributed by atoms with Crippen molar-refractivity contribution >= 4 is 17.5 Å². The maximum Gasteiger partial charge on any atom is 0.254 e. The molecular formula is C29H39N5O3. The summed E-state index contributed by atoms with van der Waals surface area (Å²) in [5, 5.41) is 14.1. The molecule has 3 aliphatic rings. The Kier molecular flexibility index (Phi) is 7.09. The predicted octanol–water partition coefficient (Wildman–Crippen LogP) is 2.86. The van der Waals surface area contributed by atoms with Crippen LogP contribution in [-0.4, -0.2) is 76.5 Å². The molecule has 2 N–H and O–H groups in total. The Morgan fingerprint density at radius 2 is 2.08 bits per heavy atom. The summed E-state index contributed by atoms with van der Waals surface area (Å²) >= 11 is 0. The molecule has 2 aromatic rings. The van der Waals surface area contributed by atoms with Crippen molar-refractivity contribution in [3.8, 4) is 0 Å². The van der Waals surface area contributed by atoms with Crippen LogP contribution in [0.3, 0.4) is 0 Å². The highest BCUT2D eigenvalue weighted by atomic mass is 16.3. The lowest BCUT2D eigenvalue weighted by Crippen LogP contribution is -2.60. The van der Waals surface area contributed by atoms with Crippen LogP contribution in [0, 0.1) is 0 Å². The maximum absolute atomic E-state index is 13.8. The van der Waals surface area contributed by atoms with Crippen LogP contribution in [-0.2, 0) is 16.8 Å². The van der Waals surface area contributed by atoms with Gasteiger partial charge < -0.3 is 20.2 Å². The summed E-state index contributed by atoms with van der Waals surface area (Å²) in [4.78, 5) is 37.4. The van der Waals surface area contributed by atoms with Gasteiger partial charge in [-0.15, -0.1) is 0 Å². The number of hydrogen-bond acceptors (Lipinski definition) is 6. The molecule has 1 aromatic carbocycles. The van der Waals surface area contributed by atoms with E-state index in [1.54, 1.807) is 0 Å². The van der Waals surface area contributed by atoms with Gasteiger partial charge in [-0.25, -0.2) is 0 Å². The Hall–Kier alpha value is -2.81. The Balaban J connectivity index is 1.33. The third-order valence-corrected chi connectivity index (χ3v) is 8.07. The minimum absolute atomic E-state index is 0.0455. The van der Waals surface area contributed by atoms with Crippen LogP contribution < -0.4 is 10.2 Å². The molecule has 0 bridgehead atoms. The molecule has 0 spiro atoms. The van der Waals surface area contributed by atoms with E-state index in [9.17, 15) is 14.7 Å². The van der Waals surface area contributed by atoms with Crippen molar-refractivity contribution in [1.82, 2.24) is 20.1 Å². The number of pyridine rings is 1. The van der Waals surface area contributed by atoms with E-state index in [0.717, 1.165) is 41.9 Å². The van der Waals surface area contributed by atoms with Crippen molar-refractivity contribution in [2.45, 2.75) is 70.7 Å². The molecule has 3 atom stereocenters. The number of benzene rings is 1. The molecule has 37 heavy (non-hydrogen) atoms. The first-order chi connectivity index (χ1) is 17.7. The molecule has 1 saturated heterocycles. The van der Waals surface area contributed by atoms with Gasteiger partial charge in [-0.3, -0.25) is 19.5 Å². The summed E-state index contributed by atoms with van der Waals surface area (Å²) in [7, 11) is 0. The Morgan fingerprint density at radius 1 is 1.30 bits per heavy atom. The molecule has 2 amide bonds. The number of hydrogen-bond donors (Lipinski definition) is 2. The third kappa shape index (κ3) is 5.02. The summed E-state index contributed by atoms with van der Waals surface area (Å²) in [6, 6.07) is 10.0. The first-order valence-electron chi connectivity index (χ1n) is 13.5. The number of aliphatic hydroxyl groups excluding tert-OH is 1. The normalized spacial score (nSPS) is 23.8. The van der Waals surface area contributed by atoms with E-state index < -0.39 is 6.10 Å². The van der Waals surface area contributed by atoms with E-state index in [1.807, 2.05) is 53.3 Å². The standard InChI is InChI=1S/C29H39N5O3/c1-5-8-26(35)24-11-25-23(13-31-24)29(3,4)18-34(25)27(36)17-32-14-19(2)30-12-21(32)16-33-15-20-9-6-7-10-22(20)28(33)37/h6-7,9-11,13,19,21,26,30,35H,5,8,12,14-18H2,1-4H3/t19-,21-,26?/m1/s1. The van der Waals surface area contributed by atoms with Gasteiger partial charge in [-0.05, 0) is 31.0 Å². The summed E-state index contributed by atoms with van der Waals surface area (Å²) in [5.41, 5.74) is 4.16. The summed E-state index contributed by atoms with van der Waals surface area (Å²) in [5.74, 6) is 0.116. The number of aliphatic hydroxyl groups is 1. The first-order valence-corrected chi connectivity index (χ1v) is 13.5. The molecule has 0 radical (unpaired) electrons. The molecule has 4 heterocycles. The van der Waals surface area contributed by atoms with Gasteiger partial charge in [-0.1, -0.05) is 45.4 Å². The highest BCUT2D eigenvalue weighted by molar-refractivity contribution is 5.98. The third-order valence-electron chi connectivity index (χ3n) is 8.07. The van der Waals surface area contributed by atoms with E-state index in [2.05, 4.69) is 36.0 Å². The molecule has 0 saturated carbocycles. The van der Waals surface area contributed by atoms with Crippen LogP contribution in [0.1, 0.15) is 73.8 Å². The van der Waals surface area contributed by atoms with Crippen molar-refractivity contribution in [3.63, 3.8) is 0 Å². The van der Waals surface area contributed by atoms with Crippen LogP contribution in [0.5, 0.6) is 0 Å². The second kappa shape index (κ2) is 10.2. The fraction of sp³-hybridized carbons (Fsp3) is 0.552. The average molecular weight is 506 g/mol. The fourth-order valence-corrected chi connectivity index (χ4v) is 5.98. The quantitative estimate of drug-likeness (QED) is 0.602. The lowest BCUT2D eigenvalue weighted by molar-refractivity contribution is -0.120. The highest BCUT2D eigenvalue weighted by Gasteiger charge is 2.40. The van der Waals surface area contributed by atoms with Crippen molar-refractivity contribution < 1.29 is 14.7 Å². The topological polar surface area (TPSA) is 89.0 Å². The molecule has 198 valence electrons. The number of fused-ring (bicyclic) bond motifs is 2. The second-order valence-electron chi connectivity index (χ2n) is 11.5. The van der Waals surface area contributed by atoms with Crippen molar-refractivity contribution in [1.29, 1.82) is 0 Å². The maximum atomic E-state index is 13.8. The molecule has 8 heteroatoms. The van der Waals surface area contributed by atoms with Gasteiger partial charge in [0, 0.05) is 67.5 Å². The van der Waals surface area contributed by atoms with Crippen molar-refractivity contribution in [2.24, 2.45) is 0 Å². The van der Waals surface area contributed by atoms with Gasteiger partial charge in [0.15, 0.2) is 0 Å². The summed E-state index contributed by atoms with van der Waals surface area (Å²) in [6.45, 7) is 12.0.